The molecule has 7 heteroatoms. The fraction of sp³-hybridized carbons (Fsp3) is 0.211. The summed E-state index contributed by atoms with van der Waals surface area (Å²) in [6.07, 6.45) is 2.98. The summed E-state index contributed by atoms with van der Waals surface area (Å²) < 4.78 is 5.04. The average molecular weight is 354 g/mol. The maximum atomic E-state index is 12.6. The summed E-state index contributed by atoms with van der Waals surface area (Å²) >= 11 is 0. The Bertz CT molecular complexity index is 846. The minimum atomic E-state index is -0.765. The molecule has 1 fully saturated rings. The van der Waals surface area contributed by atoms with Gasteiger partial charge in [-0.25, -0.2) is 0 Å². The van der Waals surface area contributed by atoms with Gasteiger partial charge in [-0.2, -0.15) is 0 Å². The van der Waals surface area contributed by atoms with Crippen molar-refractivity contribution in [1.29, 1.82) is 0 Å². The molecule has 1 aliphatic rings. The quantitative estimate of drug-likeness (QED) is 0.483. The zero-order chi connectivity index (χ0) is 18.7. The highest BCUT2D eigenvalue weighted by molar-refractivity contribution is 6.46. The largest absolute Gasteiger partial charge is 0.508 e. The molecule has 26 heavy (non-hydrogen) atoms. The molecule has 3 rings (SSSR count). The molecule has 1 aromatic carbocycles. The van der Waals surface area contributed by atoms with Gasteiger partial charge in [0.15, 0.2) is 0 Å². The number of aromatic hydroxyl groups is 1. The molecule has 1 amide bonds. The number of ether oxygens (including phenoxy) is 1. The Morgan fingerprint density at radius 1 is 1.15 bits per heavy atom. The molecule has 0 spiro atoms. The van der Waals surface area contributed by atoms with E-state index in [0.29, 0.717) is 11.1 Å². The number of likely N-dealkylation sites (tertiary alicyclic amines) is 1. The number of aliphatic hydroxyl groups is 1. The van der Waals surface area contributed by atoms with Crippen LogP contribution in [-0.4, -0.2) is 52.0 Å². The Labute approximate surface area is 150 Å². The Morgan fingerprint density at radius 3 is 2.42 bits per heavy atom. The predicted octanol–water partition coefficient (Wildman–Crippen LogP) is 1.86. The number of hydrogen-bond acceptors (Lipinski definition) is 6. The van der Waals surface area contributed by atoms with Crippen molar-refractivity contribution in [2.75, 3.05) is 20.3 Å². The third-order valence-electron chi connectivity index (χ3n) is 4.24. The van der Waals surface area contributed by atoms with E-state index in [0.717, 1.165) is 0 Å². The summed E-state index contributed by atoms with van der Waals surface area (Å²) in [6, 6.07) is 8.53. The van der Waals surface area contributed by atoms with Crippen molar-refractivity contribution in [3.05, 3.63) is 65.5 Å². The standard InChI is InChI=1S/C19H18N2O5/c1-26-11-10-21-16(12-2-4-14(22)5-3-12)15(18(24)19(21)25)17(23)13-6-8-20-9-7-13/h2-9,16,22-23H,10-11H2,1H3/b17-15+. The Kier molecular flexibility index (Phi) is 4.99. The summed E-state index contributed by atoms with van der Waals surface area (Å²) in [5.74, 6) is -1.65. The molecule has 1 saturated heterocycles. The first kappa shape index (κ1) is 17.6. The lowest BCUT2D eigenvalue weighted by molar-refractivity contribution is -0.140. The van der Waals surface area contributed by atoms with E-state index in [9.17, 15) is 19.8 Å². The number of carbonyl (C=O) groups excluding carboxylic acids is 2. The number of benzene rings is 1. The van der Waals surface area contributed by atoms with Gasteiger partial charge in [0.25, 0.3) is 11.7 Å². The maximum Gasteiger partial charge on any atom is 0.295 e. The molecule has 1 aliphatic heterocycles. The van der Waals surface area contributed by atoms with Crippen molar-refractivity contribution in [2.24, 2.45) is 0 Å². The summed E-state index contributed by atoms with van der Waals surface area (Å²) in [5.41, 5.74) is 1.00. The summed E-state index contributed by atoms with van der Waals surface area (Å²) in [6.45, 7) is 0.441. The number of methoxy groups -OCH3 is 1. The second kappa shape index (κ2) is 7.37. The van der Waals surface area contributed by atoms with E-state index in [-0.39, 0.29) is 30.2 Å². The van der Waals surface area contributed by atoms with E-state index in [2.05, 4.69) is 4.98 Å². The van der Waals surface area contributed by atoms with Crippen LogP contribution in [-0.2, 0) is 14.3 Å². The number of Topliss-reactive ketones (excluding diaryl/α,β-unsaturated/α-hetero) is 1. The molecule has 7 nitrogen and oxygen atoms in total. The van der Waals surface area contributed by atoms with Gasteiger partial charge in [0, 0.05) is 31.6 Å². The zero-order valence-corrected chi connectivity index (χ0v) is 14.1. The fourth-order valence-corrected chi connectivity index (χ4v) is 2.97. The Balaban J connectivity index is 2.15. The molecule has 1 aromatic heterocycles. The van der Waals surface area contributed by atoms with Gasteiger partial charge in [-0.15, -0.1) is 0 Å². The van der Waals surface area contributed by atoms with Crippen LogP contribution >= 0.6 is 0 Å². The van der Waals surface area contributed by atoms with Crippen LogP contribution < -0.4 is 0 Å². The minimum absolute atomic E-state index is 0.00277. The molecule has 0 bridgehead atoms. The lowest BCUT2D eigenvalue weighted by Gasteiger charge is -2.25. The normalized spacial score (nSPS) is 19.1. The van der Waals surface area contributed by atoms with E-state index in [1.807, 2.05) is 0 Å². The van der Waals surface area contributed by atoms with Crippen LogP contribution in [0.5, 0.6) is 5.75 Å². The smallest absolute Gasteiger partial charge is 0.295 e. The Morgan fingerprint density at radius 2 is 1.81 bits per heavy atom. The van der Waals surface area contributed by atoms with Crippen molar-refractivity contribution >= 4 is 17.4 Å². The summed E-state index contributed by atoms with van der Waals surface area (Å²) in [5, 5.41) is 20.2. The number of pyridine rings is 1. The van der Waals surface area contributed by atoms with Crippen molar-refractivity contribution in [1.82, 2.24) is 9.88 Å². The predicted molar refractivity (Wildman–Crippen MR) is 93.2 cm³/mol. The first-order valence-electron chi connectivity index (χ1n) is 8.01. The van der Waals surface area contributed by atoms with Crippen LogP contribution in [0.2, 0.25) is 0 Å². The van der Waals surface area contributed by atoms with E-state index >= 15 is 0 Å². The van der Waals surface area contributed by atoms with Gasteiger partial charge in [0.05, 0.1) is 18.2 Å². The van der Waals surface area contributed by atoms with Crippen molar-refractivity contribution in [3.8, 4) is 5.75 Å². The molecular formula is C19H18N2O5. The molecular weight excluding hydrogens is 336 g/mol. The number of hydrogen-bond donors (Lipinski definition) is 2. The highest BCUT2D eigenvalue weighted by atomic mass is 16.5. The molecule has 0 aliphatic carbocycles. The number of phenolic OH excluding ortho intramolecular Hbond substituents is 1. The van der Waals surface area contributed by atoms with E-state index < -0.39 is 17.7 Å². The second-order valence-corrected chi connectivity index (χ2v) is 5.81. The fourth-order valence-electron chi connectivity index (χ4n) is 2.97. The number of ketones is 1. The second-order valence-electron chi connectivity index (χ2n) is 5.81. The van der Waals surface area contributed by atoms with Gasteiger partial charge < -0.3 is 19.8 Å². The monoisotopic (exact) mass is 354 g/mol. The number of aromatic nitrogens is 1. The molecule has 2 N–H and O–H groups in total. The van der Waals surface area contributed by atoms with Crippen molar-refractivity contribution in [3.63, 3.8) is 0 Å². The Hall–Kier alpha value is -3.19. The van der Waals surface area contributed by atoms with Crippen molar-refractivity contribution < 1.29 is 24.5 Å². The van der Waals surface area contributed by atoms with Crippen molar-refractivity contribution in [2.45, 2.75) is 6.04 Å². The molecule has 134 valence electrons. The third-order valence-corrected chi connectivity index (χ3v) is 4.24. The highest BCUT2D eigenvalue weighted by Crippen LogP contribution is 2.39. The highest BCUT2D eigenvalue weighted by Gasteiger charge is 2.45. The van der Waals surface area contributed by atoms with Crippen LogP contribution in [0, 0.1) is 0 Å². The zero-order valence-electron chi connectivity index (χ0n) is 14.1. The van der Waals surface area contributed by atoms with E-state index in [4.69, 9.17) is 4.74 Å². The van der Waals surface area contributed by atoms with Crippen LogP contribution in [0.4, 0.5) is 0 Å². The summed E-state index contributed by atoms with van der Waals surface area (Å²) in [4.78, 5) is 30.4. The number of rotatable bonds is 5. The number of amides is 1. The molecule has 0 saturated carbocycles. The van der Waals surface area contributed by atoms with Crippen LogP contribution in [0.25, 0.3) is 5.76 Å². The molecule has 0 radical (unpaired) electrons. The SMILES string of the molecule is COCCN1C(=O)C(=O)/C(=C(/O)c2ccncc2)C1c1ccc(O)cc1. The number of phenols is 1. The maximum absolute atomic E-state index is 12.6. The number of aliphatic hydroxyl groups excluding tert-OH is 1. The average Bonchev–Trinajstić information content (AvgIpc) is 2.91. The van der Waals surface area contributed by atoms with Gasteiger partial charge in [0.2, 0.25) is 0 Å². The van der Waals surface area contributed by atoms with Gasteiger partial charge in [0.1, 0.15) is 11.5 Å². The summed E-state index contributed by atoms with van der Waals surface area (Å²) in [7, 11) is 1.50. The molecule has 1 unspecified atom stereocenters. The lowest BCUT2D eigenvalue weighted by atomic mass is 9.95. The minimum Gasteiger partial charge on any atom is -0.508 e. The molecule has 1 atom stereocenters. The van der Waals surface area contributed by atoms with Crippen LogP contribution in [0.1, 0.15) is 17.2 Å². The number of carbonyl (C=O) groups is 2. The first-order chi connectivity index (χ1) is 12.5. The van der Waals surface area contributed by atoms with Gasteiger partial charge in [-0.1, -0.05) is 12.1 Å². The molecule has 2 aromatic rings. The van der Waals surface area contributed by atoms with E-state index in [1.54, 1.807) is 24.3 Å². The van der Waals surface area contributed by atoms with E-state index in [1.165, 1.54) is 36.5 Å². The third kappa shape index (κ3) is 3.16. The van der Waals surface area contributed by atoms with Gasteiger partial charge >= 0.3 is 0 Å². The van der Waals surface area contributed by atoms with Crippen LogP contribution in [0.3, 0.4) is 0 Å². The van der Waals surface area contributed by atoms with Crippen LogP contribution in [0.15, 0.2) is 54.4 Å². The number of nitrogens with zero attached hydrogens (tertiary/aromatic N) is 2. The molecule has 2 heterocycles. The van der Waals surface area contributed by atoms with Gasteiger partial charge in [-0.05, 0) is 29.8 Å². The first-order valence-corrected chi connectivity index (χ1v) is 8.01. The van der Waals surface area contributed by atoms with Gasteiger partial charge in [-0.3, -0.25) is 14.6 Å². The topological polar surface area (TPSA) is 100.0 Å². The lowest BCUT2D eigenvalue weighted by Crippen LogP contribution is -2.32.